The molecule has 1 aromatic heterocycles. The Labute approximate surface area is 143 Å². The number of hydrogen-bond acceptors (Lipinski definition) is 6. The van der Waals surface area contributed by atoms with E-state index in [0.29, 0.717) is 6.04 Å². The van der Waals surface area contributed by atoms with E-state index in [2.05, 4.69) is 37.3 Å². The van der Waals surface area contributed by atoms with Crippen LogP contribution < -0.4 is 15.5 Å². The maximum absolute atomic E-state index is 12.2. The minimum atomic E-state index is 0.174. The predicted octanol–water partition coefficient (Wildman–Crippen LogP) is 0.103. The minimum Gasteiger partial charge on any atom is -0.355 e. The number of nitrogens with zero attached hydrogens (tertiary/aromatic N) is 4. The fraction of sp³-hybridized carbons (Fsp3) is 0.706. The highest BCUT2D eigenvalue weighted by atomic mass is 16.1. The largest absolute Gasteiger partial charge is 0.355 e. The summed E-state index contributed by atoms with van der Waals surface area (Å²) in [7, 11) is 0. The molecule has 2 N–H and O–H groups in total. The summed E-state index contributed by atoms with van der Waals surface area (Å²) in [6.07, 6.45) is 5.46. The van der Waals surface area contributed by atoms with Gasteiger partial charge >= 0.3 is 0 Å². The van der Waals surface area contributed by atoms with Gasteiger partial charge in [0.25, 0.3) is 0 Å². The number of piperazine rings is 1. The molecule has 132 valence electrons. The number of carbonyl (C=O) groups is 1. The lowest BCUT2D eigenvalue weighted by Crippen LogP contribution is -2.49. The van der Waals surface area contributed by atoms with Gasteiger partial charge in [0.1, 0.15) is 0 Å². The SMILES string of the molecule is C[C@H]1C[C@@H](C(=O)NCCN2CCN(c3ncccn3)CC2)CCN1. The van der Waals surface area contributed by atoms with E-state index in [1.807, 2.05) is 6.07 Å². The van der Waals surface area contributed by atoms with Crippen LogP contribution in [0.25, 0.3) is 0 Å². The van der Waals surface area contributed by atoms with Crippen LogP contribution >= 0.6 is 0 Å². The van der Waals surface area contributed by atoms with Gasteiger partial charge in [0.15, 0.2) is 0 Å². The monoisotopic (exact) mass is 332 g/mol. The van der Waals surface area contributed by atoms with Gasteiger partial charge in [-0.15, -0.1) is 0 Å². The van der Waals surface area contributed by atoms with Gasteiger partial charge in [-0.3, -0.25) is 9.69 Å². The molecule has 0 radical (unpaired) electrons. The first-order chi connectivity index (χ1) is 11.7. The summed E-state index contributed by atoms with van der Waals surface area (Å²) in [5.74, 6) is 1.21. The van der Waals surface area contributed by atoms with Crippen molar-refractivity contribution in [1.82, 2.24) is 25.5 Å². The Bertz CT molecular complexity index is 517. The van der Waals surface area contributed by atoms with Crippen LogP contribution in [0.15, 0.2) is 18.5 Å². The van der Waals surface area contributed by atoms with Crippen molar-refractivity contribution >= 4 is 11.9 Å². The quantitative estimate of drug-likeness (QED) is 0.797. The number of aromatic nitrogens is 2. The second kappa shape index (κ2) is 8.39. The molecule has 1 aromatic rings. The maximum atomic E-state index is 12.2. The van der Waals surface area contributed by atoms with Gasteiger partial charge in [-0.05, 0) is 32.4 Å². The van der Waals surface area contributed by atoms with E-state index in [1.54, 1.807) is 12.4 Å². The van der Waals surface area contributed by atoms with Crippen LogP contribution in [-0.2, 0) is 4.79 Å². The Hall–Kier alpha value is -1.73. The molecule has 0 aliphatic carbocycles. The Morgan fingerprint density at radius 2 is 2.04 bits per heavy atom. The van der Waals surface area contributed by atoms with Crippen LogP contribution in [0.3, 0.4) is 0 Å². The van der Waals surface area contributed by atoms with Crippen molar-refractivity contribution in [1.29, 1.82) is 0 Å². The molecule has 0 saturated carbocycles. The molecule has 7 heteroatoms. The third-order valence-electron chi connectivity index (χ3n) is 4.93. The van der Waals surface area contributed by atoms with Crippen LogP contribution in [0.5, 0.6) is 0 Å². The van der Waals surface area contributed by atoms with Crippen molar-refractivity contribution in [2.24, 2.45) is 5.92 Å². The van der Waals surface area contributed by atoms with Crippen molar-refractivity contribution in [2.45, 2.75) is 25.8 Å². The molecule has 24 heavy (non-hydrogen) atoms. The third-order valence-corrected chi connectivity index (χ3v) is 4.93. The van der Waals surface area contributed by atoms with Crippen LogP contribution in [0.1, 0.15) is 19.8 Å². The van der Waals surface area contributed by atoms with Gasteiger partial charge in [0.05, 0.1) is 0 Å². The average molecular weight is 332 g/mol. The number of carbonyl (C=O) groups excluding carboxylic acids is 1. The lowest BCUT2D eigenvalue weighted by atomic mass is 9.92. The molecule has 2 atom stereocenters. The fourth-order valence-electron chi connectivity index (χ4n) is 3.48. The maximum Gasteiger partial charge on any atom is 0.225 e. The van der Waals surface area contributed by atoms with Crippen molar-refractivity contribution < 1.29 is 4.79 Å². The van der Waals surface area contributed by atoms with Gasteiger partial charge in [-0.1, -0.05) is 0 Å². The molecule has 3 rings (SSSR count). The van der Waals surface area contributed by atoms with Crippen LogP contribution in [0.2, 0.25) is 0 Å². The van der Waals surface area contributed by atoms with E-state index in [-0.39, 0.29) is 11.8 Å². The molecule has 2 fully saturated rings. The predicted molar refractivity (Wildman–Crippen MR) is 93.9 cm³/mol. The molecule has 2 aliphatic rings. The Morgan fingerprint density at radius 1 is 1.29 bits per heavy atom. The molecule has 0 bridgehead atoms. The van der Waals surface area contributed by atoms with Crippen molar-refractivity contribution in [3.8, 4) is 0 Å². The van der Waals surface area contributed by atoms with E-state index in [1.165, 1.54) is 0 Å². The molecule has 1 amide bonds. The smallest absolute Gasteiger partial charge is 0.225 e. The number of amides is 1. The second-order valence-corrected chi connectivity index (χ2v) is 6.74. The summed E-state index contributed by atoms with van der Waals surface area (Å²) in [5.41, 5.74) is 0. The number of nitrogens with one attached hydrogen (secondary N) is 2. The van der Waals surface area contributed by atoms with E-state index in [4.69, 9.17) is 0 Å². The highest BCUT2D eigenvalue weighted by Gasteiger charge is 2.24. The highest BCUT2D eigenvalue weighted by molar-refractivity contribution is 5.78. The van der Waals surface area contributed by atoms with Gasteiger partial charge in [-0.2, -0.15) is 0 Å². The molecule has 3 heterocycles. The minimum absolute atomic E-state index is 0.174. The molecule has 7 nitrogen and oxygen atoms in total. The van der Waals surface area contributed by atoms with Gasteiger partial charge in [-0.25, -0.2) is 9.97 Å². The zero-order valence-corrected chi connectivity index (χ0v) is 14.4. The lowest BCUT2D eigenvalue weighted by Gasteiger charge is -2.34. The average Bonchev–Trinajstić information content (AvgIpc) is 2.63. The first-order valence-electron chi connectivity index (χ1n) is 8.98. The Kier molecular flexibility index (Phi) is 5.98. The van der Waals surface area contributed by atoms with Crippen molar-refractivity contribution in [3.05, 3.63) is 18.5 Å². The van der Waals surface area contributed by atoms with Gasteiger partial charge < -0.3 is 15.5 Å². The van der Waals surface area contributed by atoms with Gasteiger partial charge in [0.2, 0.25) is 11.9 Å². The normalized spacial score (nSPS) is 25.5. The molecule has 2 saturated heterocycles. The van der Waals surface area contributed by atoms with Gasteiger partial charge in [0, 0.05) is 63.6 Å². The fourth-order valence-corrected chi connectivity index (χ4v) is 3.48. The van der Waals surface area contributed by atoms with E-state index >= 15 is 0 Å². The zero-order chi connectivity index (χ0) is 16.8. The molecule has 0 aromatic carbocycles. The van der Waals surface area contributed by atoms with Crippen molar-refractivity contribution in [2.75, 3.05) is 50.7 Å². The van der Waals surface area contributed by atoms with E-state index < -0.39 is 0 Å². The number of rotatable bonds is 5. The first kappa shape index (κ1) is 17.1. The van der Waals surface area contributed by atoms with Crippen LogP contribution in [0, 0.1) is 5.92 Å². The summed E-state index contributed by atoms with van der Waals surface area (Å²) >= 11 is 0. The Balaban J connectivity index is 1.34. The third kappa shape index (κ3) is 4.64. The van der Waals surface area contributed by atoms with Crippen LogP contribution in [0.4, 0.5) is 5.95 Å². The standard InChI is InChI=1S/C17H28N6O/c1-14-13-15(3-6-18-14)16(24)19-7-8-22-9-11-23(12-10-22)17-20-4-2-5-21-17/h2,4-5,14-15,18H,3,6-13H2,1H3,(H,19,24)/t14-,15-/m0/s1. The molecular formula is C17H28N6O. The summed E-state index contributed by atoms with van der Waals surface area (Å²) < 4.78 is 0. The number of hydrogen-bond donors (Lipinski definition) is 2. The first-order valence-corrected chi connectivity index (χ1v) is 8.98. The highest BCUT2D eigenvalue weighted by Crippen LogP contribution is 2.16. The van der Waals surface area contributed by atoms with Crippen molar-refractivity contribution in [3.63, 3.8) is 0 Å². The Morgan fingerprint density at radius 3 is 2.75 bits per heavy atom. The number of anilines is 1. The topological polar surface area (TPSA) is 73.4 Å². The summed E-state index contributed by atoms with van der Waals surface area (Å²) in [6, 6.07) is 2.29. The van der Waals surface area contributed by atoms with E-state index in [0.717, 1.165) is 64.6 Å². The lowest BCUT2D eigenvalue weighted by molar-refractivity contribution is -0.126. The zero-order valence-electron chi connectivity index (χ0n) is 14.4. The summed E-state index contributed by atoms with van der Waals surface area (Å²) in [5, 5.41) is 6.51. The number of piperidine rings is 1. The molecular weight excluding hydrogens is 304 g/mol. The van der Waals surface area contributed by atoms with E-state index in [9.17, 15) is 4.79 Å². The summed E-state index contributed by atoms with van der Waals surface area (Å²) in [6.45, 7) is 8.58. The molecule has 0 unspecified atom stereocenters. The second-order valence-electron chi connectivity index (χ2n) is 6.74. The molecule has 0 spiro atoms. The summed E-state index contributed by atoms with van der Waals surface area (Å²) in [4.78, 5) is 25.5. The molecule has 2 aliphatic heterocycles. The van der Waals surface area contributed by atoms with Crippen LogP contribution in [-0.4, -0.2) is 72.6 Å².